The molecule has 0 radical (unpaired) electrons. The molecule has 0 amide bonds. The summed E-state index contributed by atoms with van der Waals surface area (Å²) in [7, 11) is 2.78. The maximum absolute atomic E-state index is 12.9. The fourth-order valence-electron chi connectivity index (χ4n) is 14.8. The van der Waals surface area contributed by atoms with Crippen LogP contribution in [0.2, 0.25) is 0 Å². The molecule has 2 aliphatic rings. The number of rotatable bonds is 14. The van der Waals surface area contributed by atoms with Crippen molar-refractivity contribution in [2.45, 2.75) is 66.2 Å². The number of nitro groups is 2. The average Bonchev–Trinajstić information content (AvgIpc) is 1.07. The van der Waals surface area contributed by atoms with Crippen molar-refractivity contribution in [1.29, 1.82) is 0 Å². The van der Waals surface area contributed by atoms with Gasteiger partial charge < -0.3 is 30.3 Å². The molecule has 2 aliphatic heterocycles. The van der Waals surface area contributed by atoms with Crippen molar-refractivity contribution in [2.75, 3.05) is 60.6 Å². The van der Waals surface area contributed by atoms with E-state index < -0.39 is 21.8 Å². The molecule has 12 aromatic heterocycles. The standard InChI is InChI=1S/C49H45N11O4.C45H37N11O4.2CH3NO2.CH4O.K.H2O/c1-3-63-48(61)32-57-28-38-12-8-14-42(51-38)44-24-37(36-18-16-35(17-19-36)34-10-6-5-7-11-34)25-45(53-44)43-15-9-13-39(52-43)29-58(33-49(62)64-4-2)31-41-21-23-60(56-41)47-27-50-26-46(54-47)59-22-20-40(30-57)55-59;57-44(58)28-53-24-34-8-4-10-38(47-34)40-20-33(32-14-12-31(13-15-32)30-6-2-1-3-7-30)21-41(49-40)39-11-5-9-35(48-39)25-54(29-45(59)60)27-37-17-19-56(52-37)43-23-46-22-42(50-43)55-18-16-36(26-53)51-55;2*1-2(3)4;1-2;;/h5-27H,3-4,28-33H2,1-2H3;1-23H,24-29H2,(H,57,58)(H,59,60);2*1H3;2H,1H3;;1H2/q;;;;;+1;/p-1. The van der Waals surface area contributed by atoms with E-state index in [1.165, 1.54) is 0 Å². The number of aliphatic hydroxyl groups is 1. The van der Waals surface area contributed by atoms with Crippen LogP contribution < -0.4 is 51.4 Å². The summed E-state index contributed by atoms with van der Waals surface area (Å²) in [6.07, 6.45) is 13.5. The van der Waals surface area contributed by atoms with Gasteiger partial charge in [-0.2, -0.15) is 20.4 Å². The molecule has 0 spiro atoms. The van der Waals surface area contributed by atoms with E-state index in [0.717, 1.165) is 77.1 Å². The number of aromatic nitrogens is 18. The Kier molecular flexibility index (Phi) is 35.6. The Labute approximate surface area is 822 Å². The SMILES string of the molecule is CCOC(=O)CN1Cc2cccc(n2)-c2cc(-c3ccc(-c4ccccc4)cc3)cc(n2)-c2cccc(n2)CN(CC(=O)OCC)Cc2ccn(n2)-c2cncc(n2)-n2ccc(n2)C1.CO.C[N+](=O)[O-].C[N+](=O)[O-].O=C(O)CN1Cc2cccc(n2)-c2cc(-c3ccc(-c4ccccc4)cc3)cc(n2)-c2cccc(n2)CN(CC(=O)O)Cc2ccn(n2)-c2cncc(n2)-n2ccc(n2)C1.[K+].[OH-]. The van der Waals surface area contributed by atoms with E-state index in [4.69, 9.17) is 95.1 Å². The van der Waals surface area contributed by atoms with Crippen LogP contribution in [0.5, 0.6) is 0 Å². The van der Waals surface area contributed by atoms with Crippen molar-refractivity contribution in [3.63, 3.8) is 0 Å². The number of carboxylic acids is 2. The monoisotopic (exact) mass is 1860 g/mol. The van der Waals surface area contributed by atoms with Gasteiger partial charge in [-0.25, -0.2) is 58.6 Å². The third kappa shape index (κ3) is 28.0. The molecule has 0 saturated carbocycles. The molecule has 14 heterocycles. The Morgan fingerprint density at radius 1 is 0.316 bits per heavy atom. The molecule has 136 heavy (non-hydrogen) atoms. The normalized spacial score (nSPS) is 12.5. The zero-order valence-corrected chi connectivity index (χ0v) is 78.2. The van der Waals surface area contributed by atoms with Crippen LogP contribution in [0.4, 0.5) is 0 Å². The van der Waals surface area contributed by atoms with Gasteiger partial charge in [0.1, 0.15) is 0 Å². The smallest absolute Gasteiger partial charge is 0.870 e. The molecule has 4 aromatic carbocycles. The van der Waals surface area contributed by atoms with E-state index in [2.05, 4.69) is 82.8 Å². The summed E-state index contributed by atoms with van der Waals surface area (Å²) in [5, 5.41) is 63.4. The molecule has 0 aliphatic carbocycles. The summed E-state index contributed by atoms with van der Waals surface area (Å²) in [5.41, 5.74) is 18.7. The third-order valence-electron chi connectivity index (χ3n) is 20.4. The topological polar surface area (TPSA) is 477 Å². The number of hydrogen-bond donors (Lipinski definition) is 3. The van der Waals surface area contributed by atoms with Crippen LogP contribution in [-0.4, -0.2) is 224 Å². The third-order valence-corrected chi connectivity index (χ3v) is 20.4. The fraction of sp³-hybridized carbons (Fsp3) is 0.196. The summed E-state index contributed by atoms with van der Waals surface area (Å²) >= 11 is 0. The van der Waals surface area contributed by atoms with Gasteiger partial charge >= 0.3 is 75.3 Å². The second-order valence-electron chi connectivity index (χ2n) is 30.5. The van der Waals surface area contributed by atoms with Crippen molar-refractivity contribution in [3.8, 4) is 113 Å². The maximum atomic E-state index is 12.9. The van der Waals surface area contributed by atoms with E-state index >= 15 is 0 Å². The van der Waals surface area contributed by atoms with E-state index in [0.29, 0.717) is 129 Å². The summed E-state index contributed by atoms with van der Waals surface area (Å²) in [4.78, 5) is 123. The van der Waals surface area contributed by atoms with Gasteiger partial charge in [0.05, 0.1) is 155 Å². The minimum absolute atomic E-state index is 0. The second kappa shape index (κ2) is 48.5. The Balaban J connectivity index is 0.000000220. The molecule has 16 aromatic rings. The van der Waals surface area contributed by atoms with E-state index in [-0.39, 0.29) is 134 Å². The first-order chi connectivity index (χ1) is 65.1. The van der Waals surface area contributed by atoms with Gasteiger partial charge in [-0.3, -0.25) is 69.0 Å². The van der Waals surface area contributed by atoms with Gasteiger partial charge in [0.25, 0.3) is 0 Å². The van der Waals surface area contributed by atoms with Gasteiger partial charge in [0, 0.05) is 94.1 Å². The van der Waals surface area contributed by atoms with Gasteiger partial charge in [-0.15, -0.1) is 0 Å². The van der Waals surface area contributed by atoms with Crippen LogP contribution in [0.1, 0.15) is 59.4 Å². The van der Waals surface area contributed by atoms with Crippen LogP contribution in [-0.2, 0) is 81.0 Å². The van der Waals surface area contributed by atoms with E-state index in [1.807, 2.05) is 180 Å². The summed E-state index contributed by atoms with van der Waals surface area (Å²) in [6, 6.07) is 75.7. The number of pyridine rings is 6. The van der Waals surface area contributed by atoms with Crippen molar-refractivity contribution in [2.24, 2.45) is 0 Å². The molecule has 0 fully saturated rings. The largest absolute Gasteiger partial charge is 1.00 e. The van der Waals surface area contributed by atoms with Crippen LogP contribution in [0.25, 0.3) is 113 Å². The van der Waals surface area contributed by atoms with Crippen molar-refractivity contribution >= 4 is 23.9 Å². The summed E-state index contributed by atoms with van der Waals surface area (Å²) in [5.74, 6) is -0.814. The molecule has 24 bridgehead atoms. The Morgan fingerprint density at radius 3 is 0.801 bits per heavy atom. The number of carbonyl (C=O) groups excluding carboxylic acids is 2. The van der Waals surface area contributed by atoms with Crippen LogP contribution in [0, 0.1) is 20.2 Å². The predicted octanol–water partition coefficient (Wildman–Crippen LogP) is 9.55. The zero-order chi connectivity index (χ0) is 94.0. The summed E-state index contributed by atoms with van der Waals surface area (Å²) < 4.78 is 17.2. The number of aliphatic carboxylic acids is 2. The molecule has 0 atom stereocenters. The van der Waals surface area contributed by atoms with Crippen molar-refractivity contribution in [1.82, 2.24) is 109 Å². The molecule has 4 N–H and O–H groups in total. The molecule has 0 unspecified atom stereocenters. The predicted molar refractivity (Wildman–Crippen MR) is 497 cm³/mol. The summed E-state index contributed by atoms with van der Waals surface area (Å²) in [6.45, 7) is 5.93. The van der Waals surface area contributed by atoms with Gasteiger partial charge in [0.2, 0.25) is 0 Å². The number of ether oxygens (including phenoxy) is 2. The minimum Gasteiger partial charge on any atom is -0.870 e. The van der Waals surface area contributed by atoms with Crippen LogP contribution >= 0.6 is 0 Å². The maximum Gasteiger partial charge on any atom is 1.00 e. The minimum atomic E-state index is -0.978. The molecular weight excluding hydrogens is 1760 g/mol. The Hall–Kier alpha value is -15.1. The molecule has 0 saturated heterocycles. The first kappa shape index (κ1) is 99.9. The second-order valence-corrected chi connectivity index (χ2v) is 30.5. The zero-order valence-electron chi connectivity index (χ0n) is 75.1. The molecule has 39 heteroatoms. The number of nitrogens with zero attached hydrogens (tertiary/aromatic N) is 24. The fourth-order valence-corrected chi connectivity index (χ4v) is 14.8. The first-order valence-corrected chi connectivity index (χ1v) is 42.4. The number of esters is 2. The molecule has 686 valence electrons. The van der Waals surface area contributed by atoms with Gasteiger partial charge in [-0.05, 0) is 155 Å². The van der Waals surface area contributed by atoms with E-state index in [1.54, 1.807) is 79.6 Å². The van der Waals surface area contributed by atoms with E-state index in [9.17, 15) is 29.4 Å². The van der Waals surface area contributed by atoms with Gasteiger partial charge in [0.15, 0.2) is 37.4 Å². The number of aliphatic hydroxyl groups excluding tert-OH is 1. The molecule has 18 rings (SSSR count). The Bertz CT molecular complexity index is 6460. The number of fused-ring (bicyclic) bond motifs is 32. The van der Waals surface area contributed by atoms with Crippen LogP contribution in [0.3, 0.4) is 0 Å². The number of hydrogen-bond acceptors (Lipinski definition) is 30. The number of benzene rings is 4. The molecule has 38 nitrogen and oxygen atoms in total. The average molecular weight is 1860 g/mol. The Morgan fingerprint density at radius 2 is 0.551 bits per heavy atom. The molecular formula is C97H93KN24O14. The van der Waals surface area contributed by atoms with Crippen molar-refractivity contribution in [3.05, 3.63) is 346 Å². The van der Waals surface area contributed by atoms with Crippen LogP contribution in [0.15, 0.2) is 280 Å². The first-order valence-electron chi connectivity index (χ1n) is 42.4. The van der Waals surface area contributed by atoms with Crippen molar-refractivity contribution < 1.29 is 111 Å². The number of carbonyl (C=O) groups is 4. The van der Waals surface area contributed by atoms with Gasteiger partial charge in [-0.1, -0.05) is 133 Å². The quantitative estimate of drug-likeness (QED) is 0.0394. The number of carboxylic acid groups (broad SMARTS) is 2.